The van der Waals surface area contributed by atoms with Crippen LogP contribution in [-0.4, -0.2) is 32.2 Å². The number of nitrogens with one attached hydrogen (secondary N) is 1. The molecular formula is C13H23F2NO. The lowest BCUT2D eigenvalue weighted by Gasteiger charge is -2.30. The van der Waals surface area contributed by atoms with Gasteiger partial charge in [0.1, 0.15) is 0 Å². The first-order valence-corrected chi connectivity index (χ1v) is 6.72. The first-order valence-electron chi connectivity index (χ1n) is 6.72. The smallest absolute Gasteiger partial charge is 0.248 e. The summed E-state index contributed by atoms with van der Waals surface area (Å²) in [5.74, 6) is -2.23. The van der Waals surface area contributed by atoms with E-state index in [9.17, 15) is 8.78 Å². The molecule has 1 heterocycles. The van der Waals surface area contributed by atoms with Crippen molar-refractivity contribution in [2.75, 3.05) is 26.3 Å². The zero-order valence-corrected chi connectivity index (χ0v) is 10.6. The number of rotatable bonds is 5. The molecule has 0 amide bonds. The van der Waals surface area contributed by atoms with Crippen LogP contribution in [0.4, 0.5) is 8.78 Å². The summed E-state index contributed by atoms with van der Waals surface area (Å²) in [7, 11) is 0. The quantitative estimate of drug-likeness (QED) is 0.806. The molecule has 0 radical (unpaired) electrons. The standard InChI is InChI=1S/C13H23F2NO/c1-2-16-9-12(5-6-17-10-12)7-11-3-4-13(14,15)8-11/h11,16H,2-10H2,1H3. The van der Waals surface area contributed by atoms with E-state index in [4.69, 9.17) is 4.74 Å². The molecule has 1 aliphatic carbocycles. The summed E-state index contributed by atoms with van der Waals surface area (Å²) in [6.07, 6.45) is 2.76. The summed E-state index contributed by atoms with van der Waals surface area (Å²) >= 11 is 0. The Morgan fingerprint density at radius 1 is 1.35 bits per heavy atom. The van der Waals surface area contributed by atoms with Crippen LogP contribution in [0, 0.1) is 11.3 Å². The van der Waals surface area contributed by atoms with Crippen molar-refractivity contribution < 1.29 is 13.5 Å². The Hall–Kier alpha value is -0.220. The SMILES string of the molecule is CCNCC1(CC2CCC(F)(F)C2)CCOC1. The fourth-order valence-electron chi connectivity index (χ4n) is 3.24. The molecule has 100 valence electrons. The summed E-state index contributed by atoms with van der Waals surface area (Å²) in [5, 5.41) is 3.36. The van der Waals surface area contributed by atoms with E-state index in [1.165, 1.54) is 0 Å². The van der Waals surface area contributed by atoms with Gasteiger partial charge in [0.05, 0.1) is 6.61 Å². The van der Waals surface area contributed by atoms with Gasteiger partial charge < -0.3 is 10.1 Å². The van der Waals surface area contributed by atoms with Gasteiger partial charge in [-0.25, -0.2) is 8.78 Å². The van der Waals surface area contributed by atoms with E-state index in [1.54, 1.807) is 0 Å². The molecule has 17 heavy (non-hydrogen) atoms. The molecule has 0 aromatic heterocycles. The number of alkyl halides is 2. The highest BCUT2D eigenvalue weighted by Crippen LogP contribution is 2.45. The first-order chi connectivity index (χ1) is 8.05. The van der Waals surface area contributed by atoms with Gasteiger partial charge >= 0.3 is 0 Å². The van der Waals surface area contributed by atoms with E-state index < -0.39 is 5.92 Å². The molecule has 0 aromatic rings. The Kier molecular flexibility index (Phi) is 4.03. The van der Waals surface area contributed by atoms with Gasteiger partial charge in [0.15, 0.2) is 0 Å². The molecular weight excluding hydrogens is 224 g/mol. The maximum Gasteiger partial charge on any atom is 0.248 e. The van der Waals surface area contributed by atoms with E-state index in [0.29, 0.717) is 6.42 Å². The van der Waals surface area contributed by atoms with E-state index in [2.05, 4.69) is 12.2 Å². The Balaban J connectivity index is 1.89. The predicted molar refractivity (Wildman–Crippen MR) is 63.3 cm³/mol. The average molecular weight is 247 g/mol. The molecule has 2 rings (SSSR count). The van der Waals surface area contributed by atoms with Crippen molar-refractivity contribution in [2.24, 2.45) is 11.3 Å². The van der Waals surface area contributed by atoms with Crippen LogP contribution >= 0.6 is 0 Å². The number of hydrogen-bond donors (Lipinski definition) is 1. The van der Waals surface area contributed by atoms with Crippen LogP contribution in [0.2, 0.25) is 0 Å². The molecule has 2 unspecified atom stereocenters. The summed E-state index contributed by atoms with van der Waals surface area (Å²) < 4.78 is 31.9. The van der Waals surface area contributed by atoms with Crippen molar-refractivity contribution in [3.8, 4) is 0 Å². The second-order valence-electron chi connectivity index (χ2n) is 5.75. The van der Waals surface area contributed by atoms with E-state index in [0.717, 1.165) is 39.1 Å². The van der Waals surface area contributed by atoms with Crippen molar-refractivity contribution in [2.45, 2.75) is 45.0 Å². The summed E-state index contributed by atoms with van der Waals surface area (Å²) in [6.45, 7) is 5.44. The van der Waals surface area contributed by atoms with Crippen molar-refractivity contribution in [3.05, 3.63) is 0 Å². The normalized spacial score (nSPS) is 36.5. The van der Waals surface area contributed by atoms with Crippen molar-refractivity contribution in [1.82, 2.24) is 5.32 Å². The Bertz CT molecular complexity index is 252. The summed E-state index contributed by atoms with van der Waals surface area (Å²) in [5.41, 5.74) is 0.112. The highest BCUT2D eigenvalue weighted by Gasteiger charge is 2.44. The second kappa shape index (κ2) is 5.19. The number of hydrogen-bond acceptors (Lipinski definition) is 2. The molecule has 2 fully saturated rings. The Morgan fingerprint density at radius 3 is 2.71 bits per heavy atom. The van der Waals surface area contributed by atoms with Gasteiger partial charge in [-0.15, -0.1) is 0 Å². The van der Waals surface area contributed by atoms with Crippen LogP contribution in [0.5, 0.6) is 0 Å². The third-order valence-electron chi connectivity index (χ3n) is 4.16. The Labute approximate surface area is 102 Å². The van der Waals surface area contributed by atoms with E-state index in [1.807, 2.05) is 0 Å². The van der Waals surface area contributed by atoms with Gasteiger partial charge in [-0.05, 0) is 31.7 Å². The largest absolute Gasteiger partial charge is 0.381 e. The van der Waals surface area contributed by atoms with Crippen LogP contribution in [-0.2, 0) is 4.74 Å². The van der Waals surface area contributed by atoms with Crippen LogP contribution in [0.1, 0.15) is 39.0 Å². The summed E-state index contributed by atoms with van der Waals surface area (Å²) in [6, 6.07) is 0. The average Bonchev–Trinajstić information content (AvgIpc) is 2.84. The third kappa shape index (κ3) is 3.38. The Morgan fingerprint density at radius 2 is 2.18 bits per heavy atom. The minimum Gasteiger partial charge on any atom is -0.381 e. The highest BCUT2D eigenvalue weighted by molar-refractivity contribution is 4.91. The molecule has 2 atom stereocenters. The maximum absolute atomic E-state index is 13.2. The monoisotopic (exact) mass is 247 g/mol. The van der Waals surface area contributed by atoms with Gasteiger partial charge in [0, 0.05) is 31.4 Å². The minimum atomic E-state index is -2.41. The second-order valence-corrected chi connectivity index (χ2v) is 5.75. The molecule has 1 N–H and O–H groups in total. The van der Waals surface area contributed by atoms with Crippen LogP contribution in [0.15, 0.2) is 0 Å². The molecule has 0 aromatic carbocycles. The number of halogens is 2. The van der Waals surface area contributed by atoms with Gasteiger partial charge in [0.2, 0.25) is 5.92 Å². The molecule has 0 spiro atoms. The van der Waals surface area contributed by atoms with Gasteiger partial charge in [-0.3, -0.25) is 0 Å². The molecule has 0 bridgehead atoms. The molecule has 1 saturated carbocycles. The maximum atomic E-state index is 13.2. The molecule has 4 heteroatoms. The van der Waals surface area contributed by atoms with Crippen molar-refractivity contribution >= 4 is 0 Å². The molecule has 2 aliphatic rings. The molecule has 1 aliphatic heterocycles. The lowest BCUT2D eigenvalue weighted by atomic mass is 9.78. The minimum absolute atomic E-state index is 0.0792. The number of ether oxygens (including phenoxy) is 1. The van der Waals surface area contributed by atoms with Crippen molar-refractivity contribution in [1.29, 1.82) is 0 Å². The van der Waals surface area contributed by atoms with Gasteiger partial charge in [-0.2, -0.15) is 0 Å². The fraction of sp³-hybridized carbons (Fsp3) is 1.00. The molecule has 1 saturated heterocycles. The predicted octanol–water partition coefficient (Wildman–Crippen LogP) is 2.83. The van der Waals surface area contributed by atoms with Gasteiger partial charge in [0.25, 0.3) is 0 Å². The lowest BCUT2D eigenvalue weighted by Crippen LogP contribution is -2.36. The molecule has 2 nitrogen and oxygen atoms in total. The topological polar surface area (TPSA) is 21.3 Å². The fourth-order valence-corrected chi connectivity index (χ4v) is 3.24. The van der Waals surface area contributed by atoms with Crippen LogP contribution in [0.25, 0.3) is 0 Å². The van der Waals surface area contributed by atoms with Crippen molar-refractivity contribution in [3.63, 3.8) is 0 Å². The highest BCUT2D eigenvalue weighted by atomic mass is 19.3. The zero-order valence-electron chi connectivity index (χ0n) is 10.6. The zero-order chi connectivity index (χ0) is 12.4. The first kappa shape index (κ1) is 13.2. The van der Waals surface area contributed by atoms with Crippen LogP contribution in [0.3, 0.4) is 0 Å². The van der Waals surface area contributed by atoms with Gasteiger partial charge in [-0.1, -0.05) is 6.92 Å². The summed E-state index contributed by atoms with van der Waals surface area (Å²) in [4.78, 5) is 0. The van der Waals surface area contributed by atoms with E-state index >= 15 is 0 Å². The lowest BCUT2D eigenvalue weighted by molar-refractivity contribution is 0.00228. The third-order valence-corrected chi connectivity index (χ3v) is 4.16. The van der Waals surface area contributed by atoms with Crippen LogP contribution < -0.4 is 5.32 Å². The van der Waals surface area contributed by atoms with E-state index in [-0.39, 0.29) is 24.2 Å².